The van der Waals surface area contributed by atoms with Gasteiger partial charge in [-0.2, -0.15) is 0 Å². The molecule has 4 unspecified atom stereocenters. The number of nitrogens with zero attached hydrogens (tertiary/aromatic N) is 4. The SMILES string of the molecule is CC(C)(C)c1ccc(-c2ccc3c(c2)C2(C)CCCCC2(C)N3c2cc3c4c(c2)N(c2cccc(C(C)(C)C)c2)c2cc(C(C)(C)C)ccc2B4c2cc(N4c5ccc(C(C)(C)C)cc5C5(C)CCCCC45C)ccc2N3c2ccc(C(C)(C)C)cc2)cc1. The first-order valence-corrected chi connectivity index (χ1v) is 34.0. The fourth-order valence-corrected chi connectivity index (χ4v) is 17.6. The van der Waals surface area contributed by atoms with Gasteiger partial charge in [0.05, 0.1) is 11.1 Å². The third kappa shape index (κ3) is 9.01. The fraction of sp³-hybridized carbons (Fsp3) is 0.429. The second-order valence-corrected chi connectivity index (χ2v) is 34.2. The first-order valence-electron chi connectivity index (χ1n) is 34.0. The highest BCUT2D eigenvalue weighted by Crippen LogP contribution is 2.64. The molecule has 458 valence electrons. The van der Waals surface area contributed by atoms with Crippen molar-refractivity contribution in [2.75, 3.05) is 19.6 Å². The van der Waals surface area contributed by atoms with Crippen LogP contribution in [0, 0.1) is 0 Å². The third-order valence-electron chi connectivity index (χ3n) is 23.5. The minimum Gasteiger partial charge on any atom is -0.334 e. The van der Waals surface area contributed by atoms with Crippen molar-refractivity contribution >= 4 is 80.0 Å². The van der Waals surface area contributed by atoms with Gasteiger partial charge in [-0.25, -0.2) is 0 Å². The molecular formula is C84H99BN4. The van der Waals surface area contributed by atoms with Crippen molar-refractivity contribution in [3.05, 3.63) is 197 Å². The summed E-state index contributed by atoms with van der Waals surface area (Å²) in [5.74, 6) is 0. The van der Waals surface area contributed by atoms with Gasteiger partial charge in [0.2, 0.25) is 0 Å². The van der Waals surface area contributed by atoms with Gasteiger partial charge in [0.15, 0.2) is 0 Å². The van der Waals surface area contributed by atoms with Crippen molar-refractivity contribution in [1.82, 2.24) is 0 Å². The van der Waals surface area contributed by atoms with Gasteiger partial charge < -0.3 is 19.6 Å². The van der Waals surface area contributed by atoms with Gasteiger partial charge in [0, 0.05) is 67.7 Å². The predicted molar refractivity (Wildman–Crippen MR) is 385 cm³/mol. The van der Waals surface area contributed by atoms with E-state index in [4.69, 9.17) is 0 Å². The summed E-state index contributed by atoms with van der Waals surface area (Å²) in [7, 11) is 0. The summed E-state index contributed by atoms with van der Waals surface area (Å²) < 4.78 is 0. The van der Waals surface area contributed by atoms with Crippen LogP contribution in [0.15, 0.2) is 158 Å². The van der Waals surface area contributed by atoms with E-state index in [1.165, 1.54) is 155 Å². The maximum atomic E-state index is 2.85. The Morgan fingerprint density at radius 2 is 0.753 bits per heavy atom. The lowest BCUT2D eigenvalue weighted by atomic mass is 9.33. The highest BCUT2D eigenvalue weighted by Gasteiger charge is 2.60. The monoisotopic (exact) mass is 1170 g/mol. The molecule has 4 aliphatic heterocycles. The van der Waals surface area contributed by atoms with Crippen LogP contribution in [0.3, 0.4) is 0 Å². The van der Waals surface area contributed by atoms with E-state index in [1.54, 1.807) is 0 Å². The number of hydrogen-bond donors (Lipinski definition) is 0. The van der Waals surface area contributed by atoms with E-state index in [0.29, 0.717) is 0 Å². The van der Waals surface area contributed by atoms with Gasteiger partial charge in [-0.05, 0) is 212 Å². The molecule has 4 atom stereocenters. The maximum Gasteiger partial charge on any atom is 0.252 e. The molecule has 2 saturated carbocycles. The summed E-state index contributed by atoms with van der Waals surface area (Å²) in [6, 6.07) is 64.2. The van der Waals surface area contributed by atoms with Crippen molar-refractivity contribution in [1.29, 1.82) is 0 Å². The standard InChI is InChI=1S/C84H99BN4/c1-76(2,3)56-30-27-54(28-31-56)55-29-40-69-65(47-55)81(16)43-20-23-46-84(81,19)89(69)64-52-73-75-74(53-64)87(62-26-24-25-58(48-62)78(7,8)9)72-50-60(80(13,14)15)34-39-67(72)85(75)68-51-63(38-42-71(68)86(73)61-36-32-57(33-37-61)77(4,5)6)88-70-41-35-59(79(10,11)12)49-66(70)82(17)44-21-22-45-83(82,88)18/h24-42,47-53H,20-23,43-46H2,1-19H3. The molecule has 89 heavy (non-hydrogen) atoms. The number of rotatable bonds is 5. The van der Waals surface area contributed by atoms with Crippen molar-refractivity contribution in [2.24, 2.45) is 0 Å². The fourth-order valence-electron chi connectivity index (χ4n) is 17.6. The van der Waals surface area contributed by atoms with Crippen LogP contribution in [0.25, 0.3) is 11.1 Å². The van der Waals surface area contributed by atoms with Crippen molar-refractivity contribution in [3.8, 4) is 11.1 Å². The molecular weight excluding hydrogens is 1080 g/mol. The van der Waals surface area contributed by atoms with Crippen LogP contribution in [0.2, 0.25) is 0 Å². The van der Waals surface area contributed by atoms with Crippen LogP contribution in [-0.2, 0) is 37.9 Å². The van der Waals surface area contributed by atoms with Gasteiger partial charge in [-0.15, -0.1) is 0 Å². The van der Waals surface area contributed by atoms with E-state index in [9.17, 15) is 0 Å². The molecule has 4 nitrogen and oxygen atoms in total. The molecule has 5 heteroatoms. The molecule has 0 aromatic heterocycles. The summed E-state index contributed by atoms with van der Waals surface area (Å²) in [6.45, 7) is 45.7. The lowest BCUT2D eigenvalue weighted by Crippen LogP contribution is -2.62. The van der Waals surface area contributed by atoms with Gasteiger partial charge in [0.1, 0.15) is 0 Å². The number of anilines is 10. The van der Waals surface area contributed by atoms with Crippen molar-refractivity contribution in [2.45, 2.75) is 232 Å². The lowest BCUT2D eigenvalue weighted by molar-refractivity contribution is 0.195. The molecule has 0 amide bonds. The second-order valence-electron chi connectivity index (χ2n) is 34.2. The first-order chi connectivity index (χ1) is 41.7. The Kier molecular flexibility index (Phi) is 13.2. The van der Waals surface area contributed by atoms with Gasteiger partial charge >= 0.3 is 0 Å². The Balaban J connectivity index is 1.07. The van der Waals surface area contributed by atoms with Crippen LogP contribution >= 0.6 is 0 Å². The number of fused-ring (bicyclic) bond motifs is 10. The Bertz CT molecular complexity index is 4150. The topological polar surface area (TPSA) is 13.0 Å². The van der Waals surface area contributed by atoms with Gasteiger partial charge in [-0.3, -0.25) is 0 Å². The molecule has 8 aromatic rings. The van der Waals surface area contributed by atoms with E-state index >= 15 is 0 Å². The van der Waals surface area contributed by atoms with Crippen LogP contribution < -0.4 is 36.0 Å². The predicted octanol–water partition coefficient (Wildman–Crippen LogP) is 21.4. The Hall–Kier alpha value is -6.98. The van der Waals surface area contributed by atoms with Crippen LogP contribution in [-0.4, -0.2) is 17.8 Å². The molecule has 6 aliphatic rings. The van der Waals surface area contributed by atoms with E-state index in [1.807, 2.05) is 0 Å². The smallest absolute Gasteiger partial charge is 0.252 e. The average Bonchev–Trinajstić information content (AvgIpc) is 1.69. The van der Waals surface area contributed by atoms with E-state index in [-0.39, 0.29) is 55.7 Å². The zero-order valence-electron chi connectivity index (χ0n) is 57.5. The van der Waals surface area contributed by atoms with Gasteiger partial charge in [0.25, 0.3) is 6.71 Å². The second kappa shape index (κ2) is 19.8. The van der Waals surface area contributed by atoms with E-state index in [2.05, 4.69) is 309 Å². The molecule has 0 saturated heterocycles. The summed E-state index contributed by atoms with van der Waals surface area (Å²) in [5, 5.41) is 0. The van der Waals surface area contributed by atoms with Crippen molar-refractivity contribution < 1.29 is 0 Å². The number of benzene rings is 8. The van der Waals surface area contributed by atoms with Crippen molar-refractivity contribution in [3.63, 3.8) is 0 Å². The summed E-state index contributed by atoms with van der Waals surface area (Å²) >= 11 is 0. The third-order valence-corrected chi connectivity index (χ3v) is 23.5. The van der Waals surface area contributed by atoms with Crippen LogP contribution in [0.4, 0.5) is 56.9 Å². The summed E-state index contributed by atoms with van der Waals surface area (Å²) in [6.07, 6.45) is 9.50. The van der Waals surface area contributed by atoms with Gasteiger partial charge in [-0.1, -0.05) is 222 Å². The quantitative estimate of drug-likeness (QED) is 0.159. The lowest BCUT2D eigenvalue weighted by Gasteiger charge is -2.51. The normalized spacial score (nSPS) is 22.9. The zero-order valence-corrected chi connectivity index (χ0v) is 57.5. The number of hydrogen-bond acceptors (Lipinski definition) is 4. The highest BCUT2D eigenvalue weighted by atomic mass is 15.3. The Morgan fingerprint density at radius 1 is 0.315 bits per heavy atom. The van der Waals surface area contributed by atoms with E-state index < -0.39 is 0 Å². The van der Waals surface area contributed by atoms with Crippen LogP contribution in [0.1, 0.15) is 222 Å². The van der Waals surface area contributed by atoms with E-state index in [0.717, 1.165) is 19.3 Å². The molecule has 8 aromatic carbocycles. The first kappa shape index (κ1) is 59.6. The minimum atomic E-state index is -0.199. The highest BCUT2D eigenvalue weighted by molar-refractivity contribution is 7.00. The maximum absolute atomic E-state index is 2.85. The summed E-state index contributed by atoms with van der Waals surface area (Å²) in [5.41, 5.74) is 28.8. The Morgan fingerprint density at radius 3 is 1.33 bits per heavy atom. The molecule has 14 rings (SSSR count). The van der Waals surface area contributed by atoms with Crippen LogP contribution in [0.5, 0.6) is 0 Å². The minimum absolute atomic E-state index is 0.000499. The molecule has 0 spiro atoms. The Labute approximate surface area is 536 Å². The average molecular weight is 1180 g/mol. The zero-order chi connectivity index (χ0) is 63.1. The summed E-state index contributed by atoms with van der Waals surface area (Å²) in [4.78, 5) is 11.1. The molecule has 0 bridgehead atoms. The molecule has 4 heterocycles. The molecule has 2 fully saturated rings. The molecule has 0 N–H and O–H groups in total. The molecule has 2 aliphatic carbocycles. The molecule has 0 radical (unpaired) electrons. The largest absolute Gasteiger partial charge is 0.334 e.